The summed E-state index contributed by atoms with van der Waals surface area (Å²) >= 11 is 6.30. The van der Waals surface area contributed by atoms with E-state index in [9.17, 15) is 9.59 Å². The van der Waals surface area contributed by atoms with E-state index in [1.54, 1.807) is 23.1 Å². The largest absolute Gasteiger partial charge is 0.490 e. The summed E-state index contributed by atoms with van der Waals surface area (Å²) in [6, 6.07) is 10.1. The van der Waals surface area contributed by atoms with Gasteiger partial charge < -0.3 is 18.8 Å². The van der Waals surface area contributed by atoms with Crippen LogP contribution in [0.25, 0.3) is 11.0 Å². The van der Waals surface area contributed by atoms with Crippen LogP contribution in [0.1, 0.15) is 53.6 Å². The van der Waals surface area contributed by atoms with Gasteiger partial charge >= 0.3 is 0 Å². The second-order valence-electron chi connectivity index (χ2n) is 8.62. The highest BCUT2D eigenvalue weighted by Crippen LogP contribution is 2.39. The molecule has 2 heterocycles. The predicted molar refractivity (Wildman–Crippen MR) is 133 cm³/mol. The van der Waals surface area contributed by atoms with Crippen LogP contribution in [0.4, 0.5) is 0 Å². The summed E-state index contributed by atoms with van der Waals surface area (Å²) < 4.78 is 17.4. The molecule has 0 aliphatic carbocycles. The SMILES string of the molecule is C=CCOc1cccc(C2c3c(oc4cc(C)c(Cl)cc4c3=O)C(=O)N2CCCOC(C)C)c1. The fourth-order valence-corrected chi connectivity index (χ4v) is 4.37. The number of aryl methyl sites for hydroxylation is 1. The van der Waals surface area contributed by atoms with Crippen molar-refractivity contribution in [2.75, 3.05) is 19.8 Å². The van der Waals surface area contributed by atoms with Gasteiger partial charge in [0.1, 0.15) is 17.9 Å². The molecule has 0 fully saturated rings. The Hall–Kier alpha value is -3.09. The number of benzene rings is 2. The van der Waals surface area contributed by atoms with Crippen molar-refractivity contribution in [1.82, 2.24) is 4.90 Å². The number of carbonyl (C=O) groups excluding carboxylic acids is 1. The Morgan fingerprint density at radius 1 is 1.24 bits per heavy atom. The molecule has 178 valence electrons. The second-order valence-corrected chi connectivity index (χ2v) is 9.03. The average molecular weight is 482 g/mol. The molecule has 6 nitrogen and oxygen atoms in total. The van der Waals surface area contributed by atoms with E-state index in [1.807, 2.05) is 45.0 Å². The highest BCUT2D eigenvalue weighted by atomic mass is 35.5. The summed E-state index contributed by atoms with van der Waals surface area (Å²) in [5.41, 5.74) is 1.96. The lowest BCUT2D eigenvalue weighted by molar-refractivity contribution is 0.0593. The maximum absolute atomic E-state index is 13.7. The standard InChI is InChI=1S/C27H28ClNO5/c1-5-11-33-19-9-6-8-18(14-19)24-23-25(30)20-15-21(28)17(4)13-22(20)34-26(23)27(31)29(24)10-7-12-32-16(2)3/h5-6,8-9,13-16,24H,1,7,10-12H2,2-4H3. The number of hydrogen-bond donors (Lipinski definition) is 0. The van der Waals surface area contributed by atoms with Crippen LogP contribution in [0.3, 0.4) is 0 Å². The molecule has 0 saturated carbocycles. The molecule has 0 saturated heterocycles. The Kier molecular flexibility index (Phi) is 7.10. The fourth-order valence-electron chi connectivity index (χ4n) is 4.20. The van der Waals surface area contributed by atoms with E-state index in [-0.39, 0.29) is 23.2 Å². The van der Waals surface area contributed by atoms with Crippen molar-refractivity contribution < 1.29 is 18.7 Å². The Morgan fingerprint density at radius 3 is 2.76 bits per heavy atom. The first kappa shape index (κ1) is 24.0. The zero-order valence-corrected chi connectivity index (χ0v) is 20.4. The highest BCUT2D eigenvalue weighted by molar-refractivity contribution is 6.32. The van der Waals surface area contributed by atoms with E-state index in [1.165, 1.54) is 0 Å². The third-order valence-electron chi connectivity index (χ3n) is 5.78. The summed E-state index contributed by atoms with van der Waals surface area (Å²) in [5, 5.41) is 0.833. The molecule has 1 aromatic heterocycles. The minimum Gasteiger partial charge on any atom is -0.490 e. The molecule has 0 radical (unpaired) electrons. The van der Waals surface area contributed by atoms with Crippen LogP contribution in [0, 0.1) is 6.92 Å². The lowest BCUT2D eigenvalue weighted by atomic mass is 9.98. The number of amides is 1. The molecule has 1 amide bonds. The number of fused-ring (bicyclic) bond motifs is 2. The topological polar surface area (TPSA) is 69.0 Å². The molecular weight excluding hydrogens is 454 g/mol. The Balaban J connectivity index is 1.83. The summed E-state index contributed by atoms with van der Waals surface area (Å²) in [7, 11) is 0. The number of nitrogens with zero attached hydrogens (tertiary/aromatic N) is 1. The smallest absolute Gasteiger partial charge is 0.290 e. The van der Waals surface area contributed by atoms with E-state index in [0.717, 1.165) is 11.1 Å². The highest BCUT2D eigenvalue weighted by Gasteiger charge is 2.42. The van der Waals surface area contributed by atoms with Gasteiger partial charge in [0, 0.05) is 18.2 Å². The van der Waals surface area contributed by atoms with E-state index in [4.69, 9.17) is 25.5 Å². The van der Waals surface area contributed by atoms with Crippen LogP contribution in [-0.2, 0) is 4.74 Å². The maximum Gasteiger partial charge on any atom is 0.290 e. The average Bonchev–Trinajstić information content (AvgIpc) is 3.08. The second kappa shape index (κ2) is 10.0. The van der Waals surface area contributed by atoms with Gasteiger partial charge in [-0.05, 0) is 62.6 Å². The van der Waals surface area contributed by atoms with Gasteiger partial charge in [0.2, 0.25) is 5.76 Å². The normalized spacial score (nSPS) is 15.3. The van der Waals surface area contributed by atoms with Crippen molar-refractivity contribution in [2.45, 2.75) is 39.3 Å². The summed E-state index contributed by atoms with van der Waals surface area (Å²) in [6.45, 7) is 10.7. The lowest BCUT2D eigenvalue weighted by Gasteiger charge is -2.25. The number of rotatable bonds is 9. The third kappa shape index (κ3) is 4.61. The zero-order chi connectivity index (χ0) is 24.4. The van der Waals surface area contributed by atoms with Crippen molar-refractivity contribution in [3.63, 3.8) is 0 Å². The molecule has 0 bridgehead atoms. The van der Waals surface area contributed by atoms with Crippen LogP contribution in [0.2, 0.25) is 5.02 Å². The molecule has 4 rings (SSSR count). The van der Waals surface area contributed by atoms with Gasteiger partial charge in [0.05, 0.1) is 23.1 Å². The molecule has 1 aliphatic heterocycles. The lowest BCUT2D eigenvalue weighted by Crippen LogP contribution is -2.31. The number of carbonyl (C=O) groups is 1. The molecule has 7 heteroatoms. The van der Waals surface area contributed by atoms with Crippen molar-refractivity contribution in [2.24, 2.45) is 0 Å². The molecule has 0 spiro atoms. The van der Waals surface area contributed by atoms with E-state index in [2.05, 4.69) is 6.58 Å². The van der Waals surface area contributed by atoms with Gasteiger partial charge in [0.15, 0.2) is 5.43 Å². The van der Waals surface area contributed by atoms with Crippen LogP contribution in [0.15, 0.2) is 58.3 Å². The number of hydrogen-bond acceptors (Lipinski definition) is 5. The molecule has 3 aromatic rings. The van der Waals surface area contributed by atoms with Crippen LogP contribution in [0.5, 0.6) is 5.75 Å². The molecule has 0 N–H and O–H groups in total. The van der Waals surface area contributed by atoms with Gasteiger partial charge in [-0.1, -0.05) is 36.4 Å². The minimum atomic E-state index is -0.602. The Bertz CT molecular complexity index is 1300. The fraction of sp³-hybridized carbons (Fsp3) is 0.333. The molecule has 1 unspecified atom stereocenters. The van der Waals surface area contributed by atoms with E-state index >= 15 is 0 Å². The molecule has 2 aromatic carbocycles. The Morgan fingerprint density at radius 2 is 2.03 bits per heavy atom. The van der Waals surface area contributed by atoms with Crippen LogP contribution < -0.4 is 10.2 Å². The van der Waals surface area contributed by atoms with Gasteiger partial charge in [0.25, 0.3) is 5.91 Å². The monoisotopic (exact) mass is 481 g/mol. The molecule has 34 heavy (non-hydrogen) atoms. The Labute approximate surface area is 203 Å². The van der Waals surface area contributed by atoms with Gasteiger partial charge in [-0.25, -0.2) is 0 Å². The van der Waals surface area contributed by atoms with Gasteiger partial charge in [-0.2, -0.15) is 0 Å². The third-order valence-corrected chi connectivity index (χ3v) is 6.19. The summed E-state index contributed by atoms with van der Waals surface area (Å²) in [4.78, 5) is 28.8. The van der Waals surface area contributed by atoms with Crippen molar-refractivity contribution in [3.05, 3.63) is 86.7 Å². The van der Waals surface area contributed by atoms with Crippen LogP contribution >= 0.6 is 11.6 Å². The summed E-state index contributed by atoms with van der Waals surface area (Å²) in [6.07, 6.45) is 2.39. The minimum absolute atomic E-state index is 0.0754. The van der Waals surface area contributed by atoms with Crippen molar-refractivity contribution in [1.29, 1.82) is 0 Å². The van der Waals surface area contributed by atoms with Gasteiger partial charge in [-0.3, -0.25) is 9.59 Å². The first-order valence-electron chi connectivity index (χ1n) is 11.3. The number of ether oxygens (including phenoxy) is 2. The number of halogens is 1. The molecule has 1 atom stereocenters. The van der Waals surface area contributed by atoms with Crippen LogP contribution in [-0.4, -0.2) is 36.7 Å². The van der Waals surface area contributed by atoms with E-state index in [0.29, 0.717) is 53.5 Å². The quantitative estimate of drug-likeness (QED) is 0.290. The van der Waals surface area contributed by atoms with Crippen molar-refractivity contribution in [3.8, 4) is 5.75 Å². The first-order valence-corrected chi connectivity index (χ1v) is 11.7. The predicted octanol–water partition coefficient (Wildman–Crippen LogP) is 5.68. The maximum atomic E-state index is 13.7. The van der Waals surface area contributed by atoms with Gasteiger partial charge in [-0.15, -0.1) is 0 Å². The summed E-state index contributed by atoms with van der Waals surface area (Å²) in [5.74, 6) is 0.394. The van der Waals surface area contributed by atoms with Crippen molar-refractivity contribution >= 4 is 28.5 Å². The van der Waals surface area contributed by atoms with E-state index < -0.39 is 6.04 Å². The first-order chi connectivity index (χ1) is 16.3. The zero-order valence-electron chi connectivity index (χ0n) is 19.6. The molecular formula is C27H28ClNO5. The molecule has 1 aliphatic rings.